The van der Waals surface area contributed by atoms with Gasteiger partial charge in [-0.3, -0.25) is 30.3 Å². The maximum absolute atomic E-state index is 12.0. The fourth-order valence-corrected chi connectivity index (χ4v) is 3.47. The number of hydrogen-bond acceptors (Lipinski definition) is 6. The number of nitrogens with zero attached hydrogens (tertiary/aromatic N) is 2. The van der Waals surface area contributed by atoms with Gasteiger partial charge in [-0.15, -0.1) is 0 Å². The van der Waals surface area contributed by atoms with Crippen LogP contribution in [0.3, 0.4) is 0 Å². The summed E-state index contributed by atoms with van der Waals surface area (Å²) in [7, 11) is 0. The summed E-state index contributed by atoms with van der Waals surface area (Å²) < 4.78 is 0. The fourth-order valence-electron chi connectivity index (χ4n) is 3.47. The summed E-state index contributed by atoms with van der Waals surface area (Å²) in [5.74, 6) is -1.23. The molecule has 1 aromatic rings. The molecular weight excluding hydrogens is 352 g/mol. The smallest absolute Gasteiger partial charge is 0.328 e. The van der Waals surface area contributed by atoms with Crippen molar-refractivity contribution in [3.05, 3.63) is 39.4 Å². The summed E-state index contributed by atoms with van der Waals surface area (Å²) in [6.45, 7) is 5.01. The lowest BCUT2D eigenvalue weighted by atomic mass is 9.90. The molecule has 2 aliphatic heterocycles. The molecule has 3 rings (SSSR count). The molecule has 2 saturated heterocycles. The van der Waals surface area contributed by atoms with Crippen molar-refractivity contribution < 1.29 is 19.3 Å². The number of nitro benzene ring substituents is 1. The van der Waals surface area contributed by atoms with E-state index in [2.05, 4.69) is 18.7 Å². The van der Waals surface area contributed by atoms with E-state index in [0.717, 1.165) is 19.4 Å². The maximum Gasteiger partial charge on any atom is 0.328 e. The minimum Gasteiger partial charge on any atom is -0.368 e. The maximum atomic E-state index is 12.0. The number of carbonyl (C=O) groups is 3. The van der Waals surface area contributed by atoms with Crippen molar-refractivity contribution in [2.45, 2.75) is 32.7 Å². The van der Waals surface area contributed by atoms with Gasteiger partial charge >= 0.3 is 6.03 Å². The Bertz CT molecular complexity index is 841. The largest absolute Gasteiger partial charge is 0.368 e. The molecule has 0 spiro atoms. The van der Waals surface area contributed by atoms with Crippen molar-refractivity contribution in [2.24, 2.45) is 5.92 Å². The molecule has 2 heterocycles. The molecule has 0 radical (unpaired) electrons. The predicted octanol–water partition coefficient (Wildman–Crippen LogP) is 1.97. The molecule has 2 atom stereocenters. The van der Waals surface area contributed by atoms with Crippen LogP contribution in [0.25, 0.3) is 6.08 Å². The number of carbonyl (C=O) groups excluding carboxylic acids is 3. The van der Waals surface area contributed by atoms with E-state index in [1.54, 1.807) is 6.07 Å². The van der Waals surface area contributed by atoms with Crippen LogP contribution in [-0.4, -0.2) is 35.4 Å². The summed E-state index contributed by atoms with van der Waals surface area (Å²) in [5.41, 5.74) is 0.689. The summed E-state index contributed by atoms with van der Waals surface area (Å²) >= 11 is 0. The standard InChI is InChI=1S/C18H20N4O5/c1-10-4-3-7-21(11(10)2)15-6-5-13(22(26)27)8-12(15)9-14-16(23)19-18(25)20-17(14)24/h5-6,8-11H,3-4,7H2,1-2H3,(H2,19,20,23,24,25)/t10-,11+/m0/s1. The SMILES string of the molecule is C[C@@H]1[C@@H](C)CCCN1c1ccc([N+](=O)[O-])cc1C=C1C(=O)NC(=O)NC1=O. The van der Waals surface area contributed by atoms with E-state index in [9.17, 15) is 24.5 Å². The zero-order valence-electron chi connectivity index (χ0n) is 15.0. The number of rotatable bonds is 3. The van der Waals surface area contributed by atoms with Gasteiger partial charge in [-0.05, 0) is 37.8 Å². The number of nitrogens with one attached hydrogen (secondary N) is 2. The average molecular weight is 372 g/mol. The Morgan fingerprint density at radius 2 is 1.85 bits per heavy atom. The van der Waals surface area contributed by atoms with Gasteiger partial charge in [0.05, 0.1) is 4.92 Å². The first kappa shape index (κ1) is 18.6. The number of imide groups is 2. The molecule has 0 bridgehead atoms. The summed E-state index contributed by atoms with van der Waals surface area (Å²) in [6.07, 6.45) is 3.37. The van der Waals surface area contributed by atoms with E-state index in [4.69, 9.17) is 0 Å². The predicted molar refractivity (Wildman–Crippen MR) is 98.0 cm³/mol. The second kappa shape index (κ2) is 7.18. The molecule has 2 aliphatic rings. The third-order valence-electron chi connectivity index (χ3n) is 5.15. The van der Waals surface area contributed by atoms with Crippen molar-refractivity contribution in [3.8, 4) is 0 Å². The molecule has 2 N–H and O–H groups in total. The molecule has 0 aromatic heterocycles. The molecule has 0 aliphatic carbocycles. The molecule has 9 nitrogen and oxygen atoms in total. The third-order valence-corrected chi connectivity index (χ3v) is 5.15. The first-order valence-corrected chi connectivity index (χ1v) is 8.71. The molecule has 0 saturated carbocycles. The monoisotopic (exact) mass is 372 g/mol. The highest BCUT2D eigenvalue weighted by Crippen LogP contribution is 2.34. The molecule has 9 heteroatoms. The number of nitro groups is 1. The van der Waals surface area contributed by atoms with Crippen molar-refractivity contribution in [1.82, 2.24) is 10.6 Å². The van der Waals surface area contributed by atoms with E-state index in [1.807, 2.05) is 10.6 Å². The number of benzene rings is 1. The zero-order chi connectivity index (χ0) is 19.7. The number of barbiturate groups is 1. The number of urea groups is 1. The fraction of sp³-hybridized carbons (Fsp3) is 0.389. The van der Waals surface area contributed by atoms with Crippen LogP contribution in [0.1, 0.15) is 32.3 Å². The normalized spacial score (nSPS) is 23.0. The van der Waals surface area contributed by atoms with Crippen molar-refractivity contribution in [3.63, 3.8) is 0 Å². The second-order valence-electron chi connectivity index (χ2n) is 6.85. The van der Waals surface area contributed by atoms with E-state index < -0.39 is 22.8 Å². The van der Waals surface area contributed by atoms with Gasteiger partial charge in [0, 0.05) is 36.0 Å². The van der Waals surface area contributed by atoms with Gasteiger partial charge in [-0.1, -0.05) is 6.92 Å². The van der Waals surface area contributed by atoms with Gasteiger partial charge in [0.15, 0.2) is 0 Å². The van der Waals surface area contributed by atoms with Gasteiger partial charge in [-0.2, -0.15) is 0 Å². The Morgan fingerprint density at radius 3 is 2.48 bits per heavy atom. The van der Waals surface area contributed by atoms with Gasteiger partial charge < -0.3 is 4.90 Å². The number of piperidine rings is 1. The van der Waals surface area contributed by atoms with E-state index in [1.165, 1.54) is 18.2 Å². The Morgan fingerprint density at radius 1 is 1.19 bits per heavy atom. The van der Waals surface area contributed by atoms with Crippen LogP contribution >= 0.6 is 0 Å². The van der Waals surface area contributed by atoms with Crippen LogP contribution in [0, 0.1) is 16.0 Å². The quantitative estimate of drug-likeness (QED) is 0.362. The first-order chi connectivity index (χ1) is 12.8. The van der Waals surface area contributed by atoms with Gasteiger partial charge in [0.25, 0.3) is 17.5 Å². The lowest BCUT2D eigenvalue weighted by molar-refractivity contribution is -0.384. The average Bonchev–Trinajstić information content (AvgIpc) is 2.60. The van der Waals surface area contributed by atoms with Crippen LogP contribution in [0.5, 0.6) is 0 Å². The van der Waals surface area contributed by atoms with Crippen LogP contribution in [0.4, 0.5) is 16.2 Å². The molecule has 2 fully saturated rings. The molecule has 142 valence electrons. The molecular formula is C18H20N4O5. The zero-order valence-corrected chi connectivity index (χ0v) is 15.0. The lowest BCUT2D eigenvalue weighted by Gasteiger charge is -2.40. The Kier molecular flexibility index (Phi) is 4.93. The number of non-ortho nitro benzene ring substituents is 1. The summed E-state index contributed by atoms with van der Waals surface area (Å²) in [6, 6.07) is 3.70. The van der Waals surface area contributed by atoms with Crippen LogP contribution in [0.2, 0.25) is 0 Å². The van der Waals surface area contributed by atoms with Gasteiger partial charge in [0.1, 0.15) is 5.57 Å². The number of hydrogen-bond donors (Lipinski definition) is 2. The van der Waals surface area contributed by atoms with Crippen LogP contribution in [-0.2, 0) is 9.59 Å². The van der Waals surface area contributed by atoms with Crippen molar-refractivity contribution >= 4 is 35.3 Å². The Hall–Kier alpha value is -3.23. The van der Waals surface area contributed by atoms with Crippen molar-refractivity contribution in [1.29, 1.82) is 0 Å². The molecule has 4 amide bonds. The third kappa shape index (κ3) is 3.67. The molecule has 1 aromatic carbocycles. The Labute approximate surface area is 155 Å². The minimum atomic E-state index is -0.889. The highest BCUT2D eigenvalue weighted by Gasteiger charge is 2.30. The topological polar surface area (TPSA) is 122 Å². The Balaban J connectivity index is 2.09. The number of anilines is 1. The van der Waals surface area contributed by atoms with Gasteiger partial charge in [-0.25, -0.2) is 4.79 Å². The molecule has 27 heavy (non-hydrogen) atoms. The van der Waals surface area contributed by atoms with Crippen molar-refractivity contribution in [2.75, 3.05) is 11.4 Å². The summed E-state index contributed by atoms with van der Waals surface area (Å²) in [5, 5.41) is 15.2. The second-order valence-corrected chi connectivity index (χ2v) is 6.85. The minimum absolute atomic E-state index is 0.143. The van der Waals surface area contributed by atoms with E-state index >= 15 is 0 Å². The highest BCUT2D eigenvalue weighted by atomic mass is 16.6. The highest BCUT2D eigenvalue weighted by molar-refractivity contribution is 6.31. The lowest BCUT2D eigenvalue weighted by Crippen LogP contribution is -2.51. The molecule has 0 unspecified atom stereocenters. The summed E-state index contributed by atoms with van der Waals surface area (Å²) in [4.78, 5) is 48.1. The van der Waals surface area contributed by atoms with Crippen LogP contribution in [0.15, 0.2) is 23.8 Å². The van der Waals surface area contributed by atoms with Crippen LogP contribution < -0.4 is 15.5 Å². The van der Waals surface area contributed by atoms with E-state index in [-0.39, 0.29) is 17.3 Å². The first-order valence-electron chi connectivity index (χ1n) is 8.71. The number of amides is 4. The van der Waals surface area contributed by atoms with Gasteiger partial charge in [0.2, 0.25) is 0 Å². The van der Waals surface area contributed by atoms with E-state index in [0.29, 0.717) is 17.2 Å².